The maximum Gasteiger partial charge on any atom is 0.183 e. The highest BCUT2D eigenvalue weighted by Gasteiger charge is 2.23. The van der Waals surface area contributed by atoms with Gasteiger partial charge in [0.15, 0.2) is 5.82 Å². The molecule has 5 rings (SSSR count). The van der Waals surface area contributed by atoms with E-state index >= 15 is 0 Å². The molecule has 4 aromatic heterocycles. The summed E-state index contributed by atoms with van der Waals surface area (Å²) in [6.07, 6.45) is 11.2. The second-order valence-electron chi connectivity index (χ2n) is 6.61. The van der Waals surface area contributed by atoms with Gasteiger partial charge in [-0.3, -0.25) is 10.1 Å². The number of nitrogens with zero attached hydrogens (tertiary/aromatic N) is 6. The lowest BCUT2D eigenvalue weighted by atomic mass is 9.97. The normalized spacial score (nSPS) is 14.9. The first-order valence-corrected chi connectivity index (χ1v) is 9.81. The smallest absolute Gasteiger partial charge is 0.183 e. The van der Waals surface area contributed by atoms with E-state index in [1.807, 2.05) is 6.92 Å². The standard InChI is InChI=1S/C18H18N8S/c1-10(15-21-9-22-26-15)23-17-14-11-4-2-3-5-13(11)27-18(14)25-16(24-17)12-8-19-6-7-20-12/h6-10H,2-5H2,1H3,(H,21,22,26)(H,23,24,25). The minimum Gasteiger partial charge on any atom is -0.360 e. The minimum atomic E-state index is -0.0561. The van der Waals surface area contributed by atoms with Crippen molar-refractivity contribution in [3.8, 4) is 11.5 Å². The Morgan fingerprint density at radius 3 is 2.89 bits per heavy atom. The summed E-state index contributed by atoms with van der Waals surface area (Å²) in [5.41, 5.74) is 2.06. The van der Waals surface area contributed by atoms with Crippen LogP contribution in [0.5, 0.6) is 0 Å². The Morgan fingerprint density at radius 2 is 2.07 bits per heavy atom. The number of rotatable bonds is 4. The number of aromatic amines is 1. The van der Waals surface area contributed by atoms with Gasteiger partial charge in [0.2, 0.25) is 0 Å². The van der Waals surface area contributed by atoms with E-state index in [9.17, 15) is 0 Å². The summed E-state index contributed by atoms with van der Waals surface area (Å²) in [5.74, 6) is 2.18. The number of anilines is 1. The van der Waals surface area contributed by atoms with Crippen LogP contribution in [-0.2, 0) is 12.8 Å². The predicted octanol–water partition coefficient (Wildman–Crippen LogP) is 3.32. The first-order valence-electron chi connectivity index (χ1n) is 9.00. The van der Waals surface area contributed by atoms with E-state index in [1.54, 1.807) is 29.9 Å². The Labute approximate surface area is 159 Å². The van der Waals surface area contributed by atoms with Gasteiger partial charge in [0.25, 0.3) is 0 Å². The highest BCUT2D eigenvalue weighted by molar-refractivity contribution is 7.19. The highest BCUT2D eigenvalue weighted by atomic mass is 32.1. The molecule has 0 aliphatic heterocycles. The van der Waals surface area contributed by atoms with E-state index in [2.05, 4.69) is 30.5 Å². The molecule has 0 bridgehead atoms. The van der Waals surface area contributed by atoms with Crippen molar-refractivity contribution in [3.63, 3.8) is 0 Å². The Morgan fingerprint density at radius 1 is 1.15 bits per heavy atom. The van der Waals surface area contributed by atoms with Crippen LogP contribution in [0.3, 0.4) is 0 Å². The monoisotopic (exact) mass is 378 g/mol. The fraction of sp³-hybridized carbons (Fsp3) is 0.333. The van der Waals surface area contributed by atoms with Crippen LogP contribution in [0.4, 0.5) is 5.82 Å². The van der Waals surface area contributed by atoms with Crippen molar-refractivity contribution in [2.75, 3.05) is 5.32 Å². The first-order chi connectivity index (χ1) is 13.3. The number of H-pyrrole nitrogens is 1. The quantitative estimate of drug-likeness (QED) is 0.561. The largest absolute Gasteiger partial charge is 0.360 e. The number of nitrogens with one attached hydrogen (secondary N) is 2. The fourth-order valence-corrected chi connectivity index (χ4v) is 4.75. The van der Waals surface area contributed by atoms with Gasteiger partial charge in [-0.2, -0.15) is 5.10 Å². The molecule has 2 N–H and O–H groups in total. The lowest BCUT2D eigenvalue weighted by Crippen LogP contribution is -2.11. The molecule has 1 aliphatic carbocycles. The molecule has 0 radical (unpaired) electrons. The predicted molar refractivity (Wildman–Crippen MR) is 104 cm³/mol. The van der Waals surface area contributed by atoms with E-state index in [4.69, 9.17) is 9.97 Å². The summed E-state index contributed by atoms with van der Waals surface area (Å²) >= 11 is 1.77. The van der Waals surface area contributed by atoms with Crippen LogP contribution in [0, 0.1) is 0 Å². The molecule has 0 fully saturated rings. The van der Waals surface area contributed by atoms with Gasteiger partial charge < -0.3 is 5.32 Å². The number of fused-ring (bicyclic) bond motifs is 3. The number of aryl methyl sites for hydroxylation is 2. The highest BCUT2D eigenvalue weighted by Crippen LogP contribution is 2.40. The van der Waals surface area contributed by atoms with Gasteiger partial charge in [-0.05, 0) is 38.2 Å². The Balaban J connectivity index is 1.66. The third kappa shape index (κ3) is 2.93. The van der Waals surface area contributed by atoms with E-state index in [-0.39, 0.29) is 6.04 Å². The summed E-state index contributed by atoms with van der Waals surface area (Å²) in [5, 5.41) is 11.5. The molecule has 0 saturated carbocycles. The molecular weight excluding hydrogens is 360 g/mol. The fourth-order valence-electron chi connectivity index (χ4n) is 3.49. The van der Waals surface area contributed by atoms with Gasteiger partial charge in [0, 0.05) is 17.3 Å². The minimum absolute atomic E-state index is 0.0561. The van der Waals surface area contributed by atoms with Crippen LogP contribution in [0.25, 0.3) is 21.7 Å². The summed E-state index contributed by atoms with van der Waals surface area (Å²) < 4.78 is 0. The van der Waals surface area contributed by atoms with Crippen LogP contribution in [-0.4, -0.2) is 35.1 Å². The van der Waals surface area contributed by atoms with Crippen molar-refractivity contribution in [2.24, 2.45) is 0 Å². The van der Waals surface area contributed by atoms with Crippen molar-refractivity contribution in [3.05, 3.63) is 41.2 Å². The van der Waals surface area contributed by atoms with Crippen LogP contribution in [0.2, 0.25) is 0 Å². The lowest BCUT2D eigenvalue weighted by molar-refractivity contribution is 0.700. The molecule has 1 unspecified atom stereocenters. The second kappa shape index (κ2) is 6.66. The van der Waals surface area contributed by atoms with Gasteiger partial charge in [-0.15, -0.1) is 11.3 Å². The summed E-state index contributed by atoms with van der Waals surface area (Å²) in [7, 11) is 0. The number of hydrogen-bond donors (Lipinski definition) is 2. The molecule has 9 heteroatoms. The molecule has 0 spiro atoms. The maximum atomic E-state index is 4.82. The van der Waals surface area contributed by atoms with Gasteiger partial charge in [-0.25, -0.2) is 19.9 Å². The van der Waals surface area contributed by atoms with E-state index in [0.29, 0.717) is 11.5 Å². The number of thiophene rings is 1. The summed E-state index contributed by atoms with van der Waals surface area (Å²) in [4.78, 5) is 24.8. The average molecular weight is 378 g/mol. The Kier molecular flexibility index (Phi) is 4.01. The summed E-state index contributed by atoms with van der Waals surface area (Å²) in [6.45, 7) is 2.04. The van der Waals surface area contributed by atoms with Crippen molar-refractivity contribution < 1.29 is 0 Å². The molecule has 8 nitrogen and oxygen atoms in total. The molecule has 0 aromatic carbocycles. The molecule has 0 saturated heterocycles. The average Bonchev–Trinajstić information content (AvgIpc) is 3.36. The van der Waals surface area contributed by atoms with Crippen LogP contribution >= 0.6 is 11.3 Å². The molecular formula is C18H18N8S. The van der Waals surface area contributed by atoms with Gasteiger partial charge in [-0.1, -0.05) is 0 Å². The van der Waals surface area contributed by atoms with Crippen molar-refractivity contribution in [1.29, 1.82) is 0 Å². The maximum absolute atomic E-state index is 4.82. The third-order valence-electron chi connectivity index (χ3n) is 4.80. The Hall–Kier alpha value is -2.94. The topological polar surface area (TPSA) is 105 Å². The van der Waals surface area contributed by atoms with Gasteiger partial charge in [0.1, 0.15) is 28.5 Å². The van der Waals surface area contributed by atoms with Crippen LogP contribution < -0.4 is 5.32 Å². The molecule has 136 valence electrons. The van der Waals surface area contributed by atoms with Crippen molar-refractivity contribution in [1.82, 2.24) is 35.1 Å². The zero-order valence-electron chi connectivity index (χ0n) is 14.8. The van der Waals surface area contributed by atoms with E-state index in [1.165, 1.54) is 29.6 Å². The number of aromatic nitrogens is 7. The van der Waals surface area contributed by atoms with E-state index < -0.39 is 0 Å². The number of hydrogen-bond acceptors (Lipinski definition) is 8. The summed E-state index contributed by atoms with van der Waals surface area (Å²) in [6, 6.07) is -0.0561. The molecule has 0 amide bonds. The van der Waals surface area contributed by atoms with Crippen LogP contribution in [0.15, 0.2) is 24.9 Å². The molecule has 1 atom stereocenters. The lowest BCUT2D eigenvalue weighted by Gasteiger charge is -2.16. The molecule has 1 aliphatic rings. The molecule has 4 aromatic rings. The van der Waals surface area contributed by atoms with Crippen LogP contribution in [0.1, 0.15) is 42.1 Å². The van der Waals surface area contributed by atoms with Crippen molar-refractivity contribution in [2.45, 2.75) is 38.6 Å². The van der Waals surface area contributed by atoms with Gasteiger partial charge >= 0.3 is 0 Å². The molecule has 27 heavy (non-hydrogen) atoms. The second-order valence-corrected chi connectivity index (χ2v) is 7.70. The zero-order chi connectivity index (χ0) is 18.2. The first kappa shape index (κ1) is 16.2. The van der Waals surface area contributed by atoms with Gasteiger partial charge in [0.05, 0.1) is 17.6 Å². The third-order valence-corrected chi connectivity index (χ3v) is 5.99. The molecule has 4 heterocycles. The SMILES string of the molecule is CC(Nc1nc(-c2cnccn2)nc2sc3c(c12)CCCC3)c1ncn[nH]1. The van der Waals surface area contributed by atoms with E-state index in [0.717, 1.165) is 34.7 Å². The van der Waals surface area contributed by atoms with Crippen molar-refractivity contribution >= 4 is 27.4 Å². The zero-order valence-corrected chi connectivity index (χ0v) is 15.6. The Bertz CT molecular complexity index is 1070.